The third-order valence-corrected chi connectivity index (χ3v) is 1.62. The van der Waals surface area contributed by atoms with Gasteiger partial charge in [-0.3, -0.25) is 0 Å². The summed E-state index contributed by atoms with van der Waals surface area (Å²) >= 11 is 0. The Hall–Kier alpha value is -1.86. The zero-order valence-electron chi connectivity index (χ0n) is 7.28. The Labute approximate surface area is 76.4 Å². The molecule has 0 amide bonds. The number of nitrogens with zero attached hydrogens (tertiary/aromatic N) is 1. The number of carbonyl (C=O) groups excluding carboxylic acids is 1. The molecule has 0 N–H and O–H groups in total. The van der Waals surface area contributed by atoms with Crippen LogP contribution in [-0.4, -0.2) is 13.2 Å². The average molecular weight is 175 g/mol. The summed E-state index contributed by atoms with van der Waals surface area (Å²) in [4.78, 5) is 13.6. The van der Waals surface area contributed by atoms with Crippen LogP contribution < -0.4 is 0 Å². The van der Waals surface area contributed by atoms with Crippen LogP contribution in [0.5, 0.6) is 0 Å². The van der Waals surface area contributed by atoms with Gasteiger partial charge in [0.2, 0.25) is 6.08 Å². The van der Waals surface area contributed by atoms with Crippen molar-refractivity contribution in [2.75, 3.05) is 7.11 Å². The lowest BCUT2D eigenvalue weighted by Gasteiger charge is -2.05. The SMILES string of the molecule is C=C(OC)c1ccccc1N=C=O. The lowest BCUT2D eigenvalue weighted by Crippen LogP contribution is -1.85. The van der Waals surface area contributed by atoms with Crippen LogP contribution in [0.1, 0.15) is 5.56 Å². The van der Waals surface area contributed by atoms with Gasteiger partial charge in [-0.15, -0.1) is 0 Å². The van der Waals surface area contributed by atoms with E-state index in [0.717, 1.165) is 0 Å². The molecule has 0 aliphatic rings. The summed E-state index contributed by atoms with van der Waals surface area (Å²) in [5.41, 5.74) is 1.22. The quantitative estimate of drug-likeness (QED) is 0.401. The third-order valence-electron chi connectivity index (χ3n) is 1.62. The molecule has 1 rings (SSSR count). The smallest absolute Gasteiger partial charge is 0.240 e. The van der Waals surface area contributed by atoms with Gasteiger partial charge in [-0.2, -0.15) is 4.99 Å². The molecule has 0 atom stereocenters. The van der Waals surface area contributed by atoms with Crippen molar-refractivity contribution in [3.8, 4) is 0 Å². The molecule has 0 spiro atoms. The molecule has 0 heterocycles. The van der Waals surface area contributed by atoms with E-state index >= 15 is 0 Å². The van der Waals surface area contributed by atoms with Crippen molar-refractivity contribution < 1.29 is 9.53 Å². The summed E-state index contributed by atoms with van der Waals surface area (Å²) in [5.74, 6) is 0.481. The van der Waals surface area contributed by atoms with Crippen molar-refractivity contribution in [3.63, 3.8) is 0 Å². The molecule has 0 aliphatic heterocycles. The van der Waals surface area contributed by atoms with Crippen molar-refractivity contribution in [3.05, 3.63) is 36.4 Å². The molecule has 0 bridgehead atoms. The number of rotatable bonds is 3. The van der Waals surface area contributed by atoms with Crippen LogP contribution in [0.25, 0.3) is 5.76 Å². The van der Waals surface area contributed by atoms with Crippen molar-refractivity contribution in [2.45, 2.75) is 0 Å². The van der Waals surface area contributed by atoms with Gasteiger partial charge in [0.1, 0.15) is 5.76 Å². The number of para-hydroxylation sites is 1. The Morgan fingerprint density at radius 3 is 2.85 bits per heavy atom. The number of benzene rings is 1. The van der Waals surface area contributed by atoms with Crippen molar-refractivity contribution in [1.29, 1.82) is 0 Å². The van der Waals surface area contributed by atoms with Crippen LogP contribution in [0, 0.1) is 0 Å². The fourth-order valence-electron chi connectivity index (χ4n) is 0.966. The van der Waals surface area contributed by atoms with E-state index in [-0.39, 0.29) is 0 Å². The van der Waals surface area contributed by atoms with Gasteiger partial charge in [-0.1, -0.05) is 18.7 Å². The summed E-state index contributed by atoms with van der Waals surface area (Å²) in [5, 5.41) is 0. The van der Waals surface area contributed by atoms with E-state index in [9.17, 15) is 4.79 Å². The molecule has 0 unspecified atom stereocenters. The normalized spacial score (nSPS) is 8.69. The number of aliphatic imine (C=N–C) groups is 1. The molecule has 13 heavy (non-hydrogen) atoms. The molecule has 66 valence electrons. The van der Waals surface area contributed by atoms with Crippen LogP contribution in [-0.2, 0) is 9.53 Å². The van der Waals surface area contributed by atoms with Crippen LogP contribution in [0.15, 0.2) is 35.8 Å². The van der Waals surface area contributed by atoms with Crippen molar-refractivity contribution >= 4 is 17.5 Å². The van der Waals surface area contributed by atoms with E-state index in [1.165, 1.54) is 13.2 Å². The number of ether oxygens (including phenoxy) is 1. The molecular formula is C10H9NO2. The molecule has 0 aliphatic carbocycles. The Morgan fingerprint density at radius 2 is 2.23 bits per heavy atom. The predicted molar refractivity (Wildman–Crippen MR) is 50.3 cm³/mol. The van der Waals surface area contributed by atoms with Crippen molar-refractivity contribution in [2.24, 2.45) is 4.99 Å². The molecule has 3 nitrogen and oxygen atoms in total. The predicted octanol–water partition coefficient (Wildman–Crippen LogP) is 2.27. The lowest BCUT2D eigenvalue weighted by atomic mass is 10.1. The molecule has 1 aromatic carbocycles. The van der Waals surface area contributed by atoms with Crippen LogP contribution in [0.4, 0.5) is 5.69 Å². The molecule has 0 fully saturated rings. The third kappa shape index (κ3) is 2.04. The maximum Gasteiger partial charge on any atom is 0.240 e. The zero-order valence-corrected chi connectivity index (χ0v) is 7.28. The van der Waals surface area contributed by atoms with Gasteiger partial charge in [0.05, 0.1) is 12.8 Å². The Bertz CT molecular complexity index is 365. The van der Waals surface area contributed by atoms with E-state index < -0.39 is 0 Å². The first-order valence-corrected chi connectivity index (χ1v) is 3.69. The Kier molecular flexibility index (Phi) is 3.01. The number of methoxy groups -OCH3 is 1. The van der Waals surface area contributed by atoms with Gasteiger partial charge in [0, 0.05) is 5.56 Å². The van der Waals surface area contributed by atoms with E-state index in [4.69, 9.17) is 4.74 Å². The maximum atomic E-state index is 10.1. The van der Waals surface area contributed by atoms with Crippen LogP contribution >= 0.6 is 0 Å². The second-order valence-corrected chi connectivity index (χ2v) is 2.35. The largest absolute Gasteiger partial charge is 0.497 e. The molecule has 0 saturated carbocycles. The fraction of sp³-hybridized carbons (Fsp3) is 0.100. The Balaban J connectivity index is 3.18. The second-order valence-electron chi connectivity index (χ2n) is 2.35. The van der Waals surface area contributed by atoms with Gasteiger partial charge in [-0.25, -0.2) is 4.79 Å². The zero-order chi connectivity index (χ0) is 9.68. The Morgan fingerprint density at radius 1 is 1.54 bits per heavy atom. The molecular weight excluding hydrogens is 166 g/mol. The molecule has 0 aromatic heterocycles. The topological polar surface area (TPSA) is 38.7 Å². The number of hydrogen-bond acceptors (Lipinski definition) is 3. The van der Waals surface area contributed by atoms with Crippen molar-refractivity contribution in [1.82, 2.24) is 0 Å². The monoisotopic (exact) mass is 175 g/mol. The number of hydrogen-bond donors (Lipinski definition) is 0. The summed E-state index contributed by atoms with van der Waals surface area (Å²) in [6, 6.07) is 7.08. The minimum absolute atomic E-state index is 0.481. The summed E-state index contributed by atoms with van der Waals surface area (Å²) < 4.78 is 4.94. The first kappa shape index (κ1) is 9.23. The molecule has 0 radical (unpaired) electrons. The lowest BCUT2D eigenvalue weighted by molar-refractivity contribution is 0.371. The van der Waals surface area contributed by atoms with Gasteiger partial charge in [0.15, 0.2) is 0 Å². The van der Waals surface area contributed by atoms with E-state index in [1.54, 1.807) is 18.2 Å². The highest BCUT2D eigenvalue weighted by molar-refractivity contribution is 5.70. The summed E-state index contributed by atoms with van der Waals surface area (Å²) in [7, 11) is 1.52. The van der Waals surface area contributed by atoms with Crippen LogP contribution in [0.2, 0.25) is 0 Å². The van der Waals surface area contributed by atoms with Gasteiger partial charge >= 0.3 is 0 Å². The number of isocyanates is 1. The highest BCUT2D eigenvalue weighted by Crippen LogP contribution is 2.24. The average Bonchev–Trinajstić information content (AvgIpc) is 2.18. The summed E-state index contributed by atoms with van der Waals surface area (Å²) in [6.07, 6.45) is 1.48. The van der Waals surface area contributed by atoms with E-state index in [0.29, 0.717) is 17.0 Å². The standard InChI is InChI=1S/C10H9NO2/c1-8(13-2)9-5-3-4-6-10(9)11-7-12/h3-6H,1H2,2H3. The van der Waals surface area contributed by atoms with E-state index in [2.05, 4.69) is 11.6 Å². The second kappa shape index (κ2) is 4.24. The first-order chi connectivity index (χ1) is 6.29. The minimum atomic E-state index is 0.481. The van der Waals surface area contributed by atoms with Gasteiger partial charge in [0.25, 0.3) is 0 Å². The fourth-order valence-corrected chi connectivity index (χ4v) is 0.966. The first-order valence-electron chi connectivity index (χ1n) is 3.69. The van der Waals surface area contributed by atoms with E-state index in [1.807, 2.05) is 6.07 Å². The molecule has 1 aromatic rings. The highest BCUT2D eigenvalue weighted by atomic mass is 16.5. The van der Waals surface area contributed by atoms with Crippen LogP contribution in [0.3, 0.4) is 0 Å². The highest BCUT2D eigenvalue weighted by Gasteiger charge is 2.03. The summed E-state index contributed by atoms with van der Waals surface area (Å²) in [6.45, 7) is 3.67. The maximum absolute atomic E-state index is 10.1. The minimum Gasteiger partial charge on any atom is -0.497 e. The van der Waals surface area contributed by atoms with Gasteiger partial charge < -0.3 is 4.74 Å². The van der Waals surface area contributed by atoms with Gasteiger partial charge in [-0.05, 0) is 12.1 Å². The molecule has 0 saturated heterocycles. The molecule has 3 heteroatoms.